The maximum atomic E-state index is 5.97. The standard InChI is InChI=1S/C18H21ClO2/c1-3-10-20-17-9-8-16(12-19)18(11-17)21-13-15-6-4-14(2)5-7-15/h4-9,11H,3,10,12-13H2,1-2H3. The highest BCUT2D eigenvalue weighted by atomic mass is 35.5. The molecule has 0 aliphatic heterocycles. The summed E-state index contributed by atoms with van der Waals surface area (Å²) >= 11 is 5.97. The van der Waals surface area contributed by atoms with Crippen LogP contribution in [0.5, 0.6) is 11.5 Å². The second kappa shape index (κ2) is 7.94. The van der Waals surface area contributed by atoms with Gasteiger partial charge in [0.25, 0.3) is 0 Å². The molecule has 0 N–H and O–H groups in total. The molecule has 2 rings (SSSR count). The maximum absolute atomic E-state index is 5.97. The van der Waals surface area contributed by atoms with Gasteiger partial charge in [0.15, 0.2) is 0 Å². The first-order valence-corrected chi connectivity index (χ1v) is 7.76. The van der Waals surface area contributed by atoms with Gasteiger partial charge in [-0.3, -0.25) is 0 Å². The SMILES string of the molecule is CCCOc1ccc(CCl)c(OCc2ccc(C)cc2)c1. The Morgan fingerprint density at radius 2 is 1.76 bits per heavy atom. The number of benzene rings is 2. The number of aryl methyl sites for hydroxylation is 1. The zero-order chi connectivity index (χ0) is 15.1. The van der Waals surface area contributed by atoms with Gasteiger partial charge < -0.3 is 9.47 Å². The minimum absolute atomic E-state index is 0.428. The Kier molecular flexibility index (Phi) is 5.94. The minimum atomic E-state index is 0.428. The van der Waals surface area contributed by atoms with E-state index in [1.165, 1.54) is 5.56 Å². The second-order valence-corrected chi connectivity index (χ2v) is 5.29. The molecule has 0 aromatic heterocycles. The number of rotatable bonds is 7. The van der Waals surface area contributed by atoms with E-state index in [0.29, 0.717) is 19.1 Å². The predicted octanol–water partition coefficient (Wildman–Crippen LogP) is 5.10. The van der Waals surface area contributed by atoms with Gasteiger partial charge in [0.2, 0.25) is 0 Å². The topological polar surface area (TPSA) is 18.5 Å². The third-order valence-electron chi connectivity index (χ3n) is 3.17. The average molecular weight is 305 g/mol. The Balaban J connectivity index is 2.07. The third kappa shape index (κ3) is 4.68. The van der Waals surface area contributed by atoms with Crippen LogP contribution < -0.4 is 9.47 Å². The van der Waals surface area contributed by atoms with Gasteiger partial charge >= 0.3 is 0 Å². The van der Waals surface area contributed by atoms with Crippen LogP contribution in [0.3, 0.4) is 0 Å². The van der Waals surface area contributed by atoms with Crippen LogP contribution in [0.2, 0.25) is 0 Å². The van der Waals surface area contributed by atoms with Crippen molar-refractivity contribution in [3.8, 4) is 11.5 Å². The molecule has 2 nitrogen and oxygen atoms in total. The van der Waals surface area contributed by atoms with Crippen LogP contribution in [0, 0.1) is 6.92 Å². The lowest BCUT2D eigenvalue weighted by Crippen LogP contribution is -2.00. The molecule has 21 heavy (non-hydrogen) atoms. The fourth-order valence-corrected chi connectivity index (χ4v) is 2.16. The van der Waals surface area contributed by atoms with Crippen LogP contribution in [0.1, 0.15) is 30.0 Å². The van der Waals surface area contributed by atoms with Gasteiger partial charge in [-0.15, -0.1) is 11.6 Å². The number of hydrogen-bond donors (Lipinski definition) is 0. The molecule has 0 fully saturated rings. The van der Waals surface area contributed by atoms with E-state index in [2.05, 4.69) is 38.1 Å². The quantitative estimate of drug-likeness (QED) is 0.662. The molecule has 0 bridgehead atoms. The van der Waals surface area contributed by atoms with E-state index in [4.69, 9.17) is 21.1 Å². The summed E-state index contributed by atoms with van der Waals surface area (Å²) in [7, 11) is 0. The van der Waals surface area contributed by atoms with Crippen molar-refractivity contribution in [3.63, 3.8) is 0 Å². The maximum Gasteiger partial charge on any atom is 0.127 e. The first-order valence-electron chi connectivity index (χ1n) is 7.23. The second-order valence-electron chi connectivity index (χ2n) is 5.03. The molecule has 0 spiro atoms. The van der Waals surface area contributed by atoms with Gasteiger partial charge in [0.1, 0.15) is 18.1 Å². The van der Waals surface area contributed by atoms with Gasteiger partial charge in [0.05, 0.1) is 12.5 Å². The molecule has 0 atom stereocenters. The first-order chi connectivity index (χ1) is 10.2. The van der Waals surface area contributed by atoms with E-state index in [0.717, 1.165) is 29.0 Å². The molecule has 0 radical (unpaired) electrons. The molecule has 0 aliphatic rings. The Labute approximate surface area is 131 Å². The molecule has 2 aromatic rings. The summed E-state index contributed by atoms with van der Waals surface area (Å²) in [4.78, 5) is 0. The molecule has 0 aliphatic carbocycles. The van der Waals surface area contributed by atoms with Gasteiger partial charge in [-0.05, 0) is 25.0 Å². The Morgan fingerprint density at radius 1 is 1.00 bits per heavy atom. The summed E-state index contributed by atoms with van der Waals surface area (Å²) in [5.41, 5.74) is 3.36. The average Bonchev–Trinajstić information content (AvgIpc) is 2.52. The predicted molar refractivity (Wildman–Crippen MR) is 87.3 cm³/mol. The normalized spacial score (nSPS) is 10.4. The monoisotopic (exact) mass is 304 g/mol. The van der Waals surface area contributed by atoms with Crippen LogP contribution in [0.15, 0.2) is 42.5 Å². The molecule has 0 heterocycles. The van der Waals surface area contributed by atoms with Crippen molar-refractivity contribution >= 4 is 11.6 Å². The lowest BCUT2D eigenvalue weighted by atomic mass is 10.1. The van der Waals surface area contributed by atoms with Crippen LogP contribution in [0.25, 0.3) is 0 Å². The first kappa shape index (κ1) is 15.7. The van der Waals surface area contributed by atoms with E-state index in [9.17, 15) is 0 Å². The van der Waals surface area contributed by atoms with Crippen molar-refractivity contribution in [2.75, 3.05) is 6.61 Å². The van der Waals surface area contributed by atoms with Crippen molar-refractivity contribution in [1.29, 1.82) is 0 Å². The molecule has 0 saturated heterocycles. The van der Waals surface area contributed by atoms with Crippen molar-refractivity contribution in [2.24, 2.45) is 0 Å². The largest absolute Gasteiger partial charge is 0.493 e. The summed E-state index contributed by atoms with van der Waals surface area (Å²) in [6.45, 7) is 5.39. The van der Waals surface area contributed by atoms with E-state index in [1.54, 1.807) is 0 Å². The summed E-state index contributed by atoms with van der Waals surface area (Å²) in [6, 6.07) is 14.1. The van der Waals surface area contributed by atoms with Crippen LogP contribution in [-0.4, -0.2) is 6.61 Å². The van der Waals surface area contributed by atoms with Gasteiger partial charge in [0, 0.05) is 11.6 Å². The minimum Gasteiger partial charge on any atom is -0.493 e. The molecule has 112 valence electrons. The Morgan fingerprint density at radius 3 is 2.43 bits per heavy atom. The lowest BCUT2D eigenvalue weighted by molar-refractivity contribution is 0.293. The molecule has 0 unspecified atom stereocenters. The number of alkyl halides is 1. The van der Waals surface area contributed by atoms with Crippen LogP contribution in [-0.2, 0) is 12.5 Å². The zero-order valence-electron chi connectivity index (χ0n) is 12.6. The molecule has 0 saturated carbocycles. The molecular formula is C18H21ClO2. The molecule has 0 amide bonds. The van der Waals surface area contributed by atoms with Gasteiger partial charge in [-0.25, -0.2) is 0 Å². The summed E-state index contributed by atoms with van der Waals surface area (Å²) < 4.78 is 11.6. The Bertz CT molecular complexity index is 564. The van der Waals surface area contributed by atoms with E-state index in [-0.39, 0.29) is 0 Å². The zero-order valence-corrected chi connectivity index (χ0v) is 13.3. The summed E-state index contributed by atoms with van der Waals surface area (Å²) in [5, 5.41) is 0. The van der Waals surface area contributed by atoms with Crippen LogP contribution >= 0.6 is 11.6 Å². The molecular weight excluding hydrogens is 284 g/mol. The fourth-order valence-electron chi connectivity index (χ4n) is 1.93. The molecule has 3 heteroatoms. The molecule has 2 aromatic carbocycles. The fraction of sp³-hybridized carbons (Fsp3) is 0.333. The summed E-state index contributed by atoms with van der Waals surface area (Å²) in [5.74, 6) is 2.04. The highest BCUT2D eigenvalue weighted by Crippen LogP contribution is 2.27. The highest BCUT2D eigenvalue weighted by molar-refractivity contribution is 6.17. The van der Waals surface area contributed by atoms with Crippen LogP contribution in [0.4, 0.5) is 0 Å². The highest BCUT2D eigenvalue weighted by Gasteiger charge is 2.06. The third-order valence-corrected chi connectivity index (χ3v) is 3.46. The van der Waals surface area contributed by atoms with E-state index in [1.807, 2.05) is 18.2 Å². The smallest absolute Gasteiger partial charge is 0.127 e. The van der Waals surface area contributed by atoms with Crippen molar-refractivity contribution in [1.82, 2.24) is 0 Å². The van der Waals surface area contributed by atoms with Crippen molar-refractivity contribution in [2.45, 2.75) is 32.8 Å². The van der Waals surface area contributed by atoms with Gasteiger partial charge in [-0.1, -0.05) is 42.8 Å². The Hall–Kier alpha value is -1.67. The number of hydrogen-bond acceptors (Lipinski definition) is 2. The number of halogens is 1. The van der Waals surface area contributed by atoms with Crippen molar-refractivity contribution in [3.05, 3.63) is 59.2 Å². The summed E-state index contributed by atoms with van der Waals surface area (Å²) in [6.07, 6.45) is 0.983. The van der Waals surface area contributed by atoms with E-state index >= 15 is 0 Å². The van der Waals surface area contributed by atoms with Gasteiger partial charge in [-0.2, -0.15) is 0 Å². The van der Waals surface area contributed by atoms with Crippen molar-refractivity contribution < 1.29 is 9.47 Å². The lowest BCUT2D eigenvalue weighted by Gasteiger charge is -2.13. The number of ether oxygens (including phenoxy) is 2. The van der Waals surface area contributed by atoms with E-state index < -0.39 is 0 Å².